The lowest BCUT2D eigenvalue weighted by atomic mass is 10.1. The Balaban J connectivity index is 1.60. The Morgan fingerprint density at radius 2 is 1.88 bits per heavy atom. The number of aromatic nitrogens is 4. The van der Waals surface area contributed by atoms with Gasteiger partial charge in [-0.25, -0.2) is 5.43 Å². The maximum absolute atomic E-state index is 12.0. The summed E-state index contributed by atoms with van der Waals surface area (Å²) < 4.78 is 0. The first-order valence-electron chi connectivity index (χ1n) is 7.64. The zero-order valence-corrected chi connectivity index (χ0v) is 13.6. The first kappa shape index (κ1) is 16.3. The summed E-state index contributed by atoms with van der Waals surface area (Å²) in [6.45, 7) is 1.73. The van der Waals surface area contributed by atoms with Crippen LogP contribution in [0.5, 0.6) is 0 Å². The number of hydrazone groups is 1. The molecule has 1 heterocycles. The highest BCUT2D eigenvalue weighted by Crippen LogP contribution is 2.11. The average Bonchev–Trinajstić information content (AvgIpc) is 3.09. The van der Waals surface area contributed by atoms with Crippen molar-refractivity contribution in [3.05, 3.63) is 60.2 Å². The van der Waals surface area contributed by atoms with Crippen LogP contribution in [0.25, 0.3) is 11.4 Å². The Bertz CT molecular complexity index is 885. The lowest BCUT2D eigenvalue weighted by Gasteiger charge is -2.03. The molecule has 3 aromatic rings. The molecule has 0 radical (unpaired) electrons. The smallest absolute Gasteiger partial charge is 0.263 e. The van der Waals surface area contributed by atoms with Gasteiger partial charge in [-0.15, -0.1) is 10.2 Å². The van der Waals surface area contributed by atoms with Gasteiger partial charge in [0.1, 0.15) is 6.54 Å². The summed E-state index contributed by atoms with van der Waals surface area (Å²) in [6.07, 6.45) is 0. The van der Waals surface area contributed by atoms with Gasteiger partial charge in [-0.2, -0.15) is 9.90 Å². The standard InChI is InChI=1S/C17H17N7O/c1-12(13-7-9-15(18)10-8-13)19-20-16(25)11-24-22-17(21-23-24)14-5-3-2-4-6-14/h2-10H,11,18H2,1H3,(H,20,25)/b19-12-. The Hall–Kier alpha value is -3.55. The largest absolute Gasteiger partial charge is 0.399 e. The van der Waals surface area contributed by atoms with Crippen LogP contribution in [-0.2, 0) is 11.3 Å². The molecule has 1 amide bonds. The van der Waals surface area contributed by atoms with Gasteiger partial charge in [0.2, 0.25) is 5.82 Å². The van der Waals surface area contributed by atoms with Gasteiger partial charge in [-0.05, 0) is 29.8 Å². The van der Waals surface area contributed by atoms with Crippen molar-refractivity contribution in [3.8, 4) is 11.4 Å². The Labute approximate surface area is 144 Å². The van der Waals surface area contributed by atoms with E-state index in [1.165, 1.54) is 4.80 Å². The molecule has 2 aromatic carbocycles. The zero-order valence-electron chi connectivity index (χ0n) is 13.6. The third-order valence-corrected chi connectivity index (χ3v) is 3.45. The fourth-order valence-electron chi connectivity index (χ4n) is 2.11. The number of carbonyl (C=O) groups excluding carboxylic acids is 1. The monoisotopic (exact) mass is 335 g/mol. The number of tetrazole rings is 1. The number of rotatable bonds is 5. The van der Waals surface area contributed by atoms with Crippen molar-refractivity contribution >= 4 is 17.3 Å². The van der Waals surface area contributed by atoms with Gasteiger partial charge >= 0.3 is 0 Å². The summed E-state index contributed by atoms with van der Waals surface area (Å²) in [5, 5.41) is 16.1. The molecule has 0 saturated carbocycles. The van der Waals surface area contributed by atoms with E-state index in [0.29, 0.717) is 17.2 Å². The van der Waals surface area contributed by atoms with E-state index >= 15 is 0 Å². The zero-order chi connectivity index (χ0) is 17.6. The van der Waals surface area contributed by atoms with E-state index in [4.69, 9.17) is 5.73 Å². The summed E-state index contributed by atoms with van der Waals surface area (Å²) in [5.41, 5.74) is 11.2. The fourth-order valence-corrected chi connectivity index (χ4v) is 2.11. The van der Waals surface area contributed by atoms with Gasteiger partial charge in [-0.3, -0.25) is 4.79 Å². The second-order valence-corrected chi connectivity index (χ2v) is 5.36. The number of nitrogens with two attached hydrogens (primary N) is 1. The van der Waals surface area contributed by atoms with Crippen molar-refractivity contribution in [1.82, 2.24) is 25.6 Å². The molecule has 25 heavy (non-hydrogen) atoms. The number of amides is 1. The van der Waals surface area contributed by atoms with Crippen LogP contribution < -0.4 is 11.2 Å². The van der Waals surface area contributed by atoms with E-state index in [2.05, 4.69) is 25.9 Å². The molecule has 0 bridgehead atoms. The van der Waals surface area contributed by atoms with Gasteiger partial charge in [0.15, 0.2) is 0 Å². The SMILES string of the molecule is C/C(=N/NC(=O)Cn1nnc(-c2ccccc2)n1)c1ccc(N)cc1. The number of benzene rings is 2. The van der Waals surface area contributed by atoms with Crippen molar-refractivity contribution in [2.75, 3.05) is 5.73 Å². The van der Waals surface area contributed by atoms with Crippen LogP contribution in [0.4, 0.5) is 5.69 Å². The predicted molar refractivity (Wildman–Crippen MR) is 94.5 cm³/mol. The van der Waals surface area contributed by atoms with Crippen molar-refractivity contribution in [2.24, 2.45) is 5.10 Å². The maximum Gasteiger partial charge on any atom is 0.263 e. The van der Waals surface area contributed by atoms with Crippen molar-refractivity contribution in [1.29, 1.82) is 0 Å². The molecule has 126 valence electrons. The second kappa shape index (κ2) is 7.35. The minimum absolute atomic E-state index is 0.0711. The number of hydrogen-bond acceptors (Lipinski definition) is 6. The number of nitrogens with one attached hydrogen (secondary N) is 1. The predicted octanol–water partition coefficient (Wildman–Crippen LogP) is 1.46. The van der Waals surface area contributed by atoms with Crippen molar-refractivity contribution in [3.63, 3.8) is 0 Å². The van der Waals surface area contributed by atoms with Crippen LogP contribution in [0.1, 0.15) is 12.5 Å². The molecule has 0 fully saturated rings. The van der Waals surface area contributed by atoms with Gasteiger partial charge < -0.3 is 5.73 Å². The molecular weight excluding hydrogens is 318 g/mol. The minimum Gasteiger partial charge on any atom is -0.399 e. The number of nitrogen functional groups attached to an aromatic ring is 1. The number of carbonyl (C=O) groups is 1. The highest BCUT2D eigenvalue weighted by atomic mass is 16.2. The third-order valence-electron chi connectivity index (χ3n) is 3.45. The first-order chi connectivity index (χ1) is 12.1. The summed E-state index contributed by atoms with van der Waals surface area (Å²) in [7, 11) is 0. The van der Waals surface area contributed by atoms with E-state index in [9.17, 15) is 4.79 Å². The van der Waals surface area contributed by atoms with Crippen molar-refractivity contribution in [2.45, 2.75) is 13.5 Å². The fraction of sp³-hybridized carbons (Fsp3) is 0.118. The van der Waals surface area contributed by atoms with E-state index in [0.717, 1.165) is 11.1 Å². The molecule has 0 atom stereocenters. The lowest BCUT2D eigenvalue weighted by molar-refractivity contribution is -0.122. The highest BCUT2D eigenvalue weighted by molar-refractivity contribution is 5.99. The van der Waals surface area contributed by atoms with Gasteiger partial charge in [0.05, 0.1) is 5.71 Å². The molecule has 8 heteroatoms. The van der Waals surface area contributed by atoms with Gasteiger partial charge in [0, 0.05) is 11.3 Å². The topological polar surface area (TPSA) is 111 Å². The Morgan fingerprint density at radius 1 is 1.16 bits per heavy atom. The first-order valence-corrected chi connectivity index (χ1v) is 7.64. The second-order valence-electron chi connectivity index (χ2n) is 5.36. The molecule has 3 rings (SSSR count). The highest BCUT2D eigenvalue weighted by Gasteiger charge is 2.08. The van der Waals surface area contributed by atoms with Crippen molar-refractivity contribution < 1.29 is 4.79 Å². The third kappa shape index (κ3) is 4.25. The van der Waals surface area contributed by atoms with Crippen LogP contribution in [0.15, 0.2) is 59.7 Å². The van der Waals surface area contributed by atoms with Crippen LogP contribution in [0.2, 0.25) is 0 Å². The van der Waals surface area contributed by atoms with Crippen LogP contribution >= 0.6 is 0 Å². The van der Waals surface area contributed by atoms with E-state index in [-0.39, 0.29) is 12.5 Å². The number of anilines is 1. The minimum atomic E-state index is -0.341. The lowest BCUT2D eigenvalue weighted by Crippen LogP contribution is -2.25. The maximum atomic E-state index is 12.0. The van der Waals surface area contributed by atoms with Crippen LogP contribution in [0.3, 0.4) is 0 Å². The number of nitrogens with zero attached hydrogens (tertiary/aromatic N) is 5. The van der Waals surface area contributed by atoms with Gasteiger partial charge in [-0.1, -0.05) is 42.5 Å². The summed E-state index contributed by atoms with van der Waals surface area (Å²) in [4.78, 5) is 13.2. The van der Waals surface area contributed by atoms with E-state index in [1.807, 2.05) is 42.5 Å². The molecule has 1 aromatic heterocycles. The van der Waals surface area contributed by atoms with Gasteiger partial charge in [0.25, 0.3) is 5.91 Å². The summed E-state index contributed by atoms with van der Waals surface area (Å²) in [6, 6.07) is 16.7. The molecule has 0 aliphatic carbocycles. The average molecular weight is 335 g/mol. The molecule has 0 aliphatic heterocycles. The molecule has 0 aliphatic rings. The molecule has 0 unspecified atom stereocenters. The van der Waals surface area contributed by atoms with E-state index in [1.54, 1.807) is 19.1 Å². The molecule has 0 saturated heterocycles. The summed E-state index contributed by atoms with van der Waals surface area (Å²) >= 11 is 0. The number of hydrogen-bond donors (Lipinski definition) is 2. The molecule has 3 N–H and O–H groups in total. The molecular formula is C17H17N7O. The Kier molecular flexibility index (Phi) is 4.79. The summed E-state index contributed by atoms with van der Waals surface area (Å²) in [5.74, 6) is 0.127. The molecule has 0 spiro atoms. The normalized spacial score (nSPS) is 11.3. The van der Waals surface area contributed by atoms with Crippen LogP contribution in [0, 0.1) is 0 Å². The Morgan fingerprint density at radius 3 is 2.60 bits per heavy atom. The van der Waals surface area contributed by atoms with E-state index < -0.39 is 0 Å². The van der Waals surface area contributed by atoms with Crippen LogP contribution in [-0.4, -0.2) is 31.8 Å². The molecule has 8 nitrogen and oxygen atoms in total. The quantitative estimate of drug-likeness (QED) is 0.416.